The fourth-order valence-corrected chi connectivity index (χ4v) is 7.86. The predicted molar refractivity (Wildman–Crippen MR) is 217 cm³/mol. The number of amides is 1. The SMILES string of the molecule is COc1ccc(C(OCC(CC(C#N)COP(O)N(C(C)C)C(C)C)OCn2cnc3c(=O)[nH]c(NC(C)=O)nc32)(c2ccccc2)c2ccc(OC)cc2)cc1. The second kappa shape index (κ2) is 19.8. The lowest BCUT2D eigenvalue weighted by Crippen LogP contribution is -2.37. The number of carbonyl (C=O) groups excluding carboxylic acids is 1. The van der Waals surface area contributed by atoms with Gasteiger partial charge in [-0.25, -0.2) is 9.65 Å². The Morgan fingerprint density at radius 3 is 2.05 bits per heavy atom. The number of benzene rings is 3. The lowest BCUT2D eigenvalue weighted by atomic mass is 9.80. The number of ether oxygens (including phenoxy) is 4. The highest BCUT2D eigenvalue weighted by Crippen LogP contribution is 2.43. The Hall–Kier alpha value is -5.20. The molecule has 2 aromatic heterocycles. The average Bonchev–Trinajstić information content (AvgIpc) is 3.61. The molecule has 5 rings (SSSR count). The Morgan fingerprint density at radius 2 is 1.53 bits per heavy atom. The number of rotatable bonds is 20. The van der Waals surface area contributed by atoms with Crippen molar-refractivity contribution in [2.45, 2.75) is 71.6 Å². The van der Waals surface area contributed by atoms with Gasteiger partial charge in [-0.1, -0.05) is 54.6 Å². The monoisotopic (exact) mass is 799 g/mol. The van der Waals surface area contributed by atoms with Crippen LogP contribution in [0, 0.1) is 17.2 Å². The molecule has 3 aromatic carbocycles. The molecule has 3 N–H and O–H groups in total. The summed E-state index contributed by atoms with van der Waals surface area (Å²) >= 11 is 0. The van der Waals surface area contributed by atoms with Crippen molar-refractivity contribution in [3.63, 3.8) is 0 Å². The molecule has 15 nitrogen and oxygen atoms in total. The van der Waals surface area contributed by atoms with E-state index in [1.807, 2.05) is 111 Å². The number of hydrogen-bond donors (Lipinski definition) is 3. The maximum atomic E-state index is 12.8. The van der Waals surface area contributed by atoms with Gasteiger partial charge >= 0.3 is 0 Å². The zero-order valence-corrected chi connectivity index (χ0v) is 34.1. The van der Waals surface area contributed by atoms with E-state index in [0.717, 1.165) is 16.7 Å². The summed E-state index contributed by atoms with van der Waals surface area (Å²) in [6, 6.07) is 27.4. The first-order valence-electron chi connectivity index (χ1n) is 18.5. The van der Waals surface area contributed by atoms with Crippen LogP contribution in [0.3, 0.4) is 0 Å². The minimum atomic E-state index is -1.98. The Morgan fingerprint density at radius 1 is 0.947 bits per heavy atom. The Kier molecular flexibility index (Phi) is 14.9. The van der Waals surface area contributed by atoms with E-state index >= 15 is 0 Å². The van der Waals surface area contributed by atoms with Crippen LogP contribution in [0.1, 0.15) is 57.7 Å². The molecule has 3 atom stereocenters. The van der Waals surface area contributed by atoms with Gasteiger partial charge in [-0.3, -0.25) is 24.5 Å². The van der Waals surface area contributed by atoms with Gasteiger partial charge in [0.1, 0.15) is 23.8 Å². The van der Waals surface area contributed by atoms with Gasteiger partial charge in [-0.05, 0) is 75.1 Å². The summed E-state index contributed by atoms with van der Waals surface area (Å²) in [5.74, 6) is 0.193. The Bertz CT molecular complexity index is 2100. The molecule has 0 fully saturated rings. The fourth-order valence-electron chi connectivity index (χ4n) is 6.63. The van der Waals surface area contributed by atoms with Crippen molar-refractivity contribution in [1.82, 2.24) is 24.2 Å². The maximum Gasteiger partial charge on any atom is 0.280 e. The van der Waals surface area contributed by atoms with Crippen LogP contribution in [0.5, 0.6) is 11.5 Å². The van der Waals surface area contributed by atoms with Crippen molar-refractivity contribution >= 4 is 31.5 Å². The van der Waals surface area contributed by atoms with Gasteiger partial charge in [0.05, 0.1) is 51.9 Å². The maximum absolute atomic E-state index is 12.8. The van der Waals surface area contributed by atoms with Crippen molar-refractivity contribution in [3.05, 3.63) is 112 Å². The zero-order valence-electron chi connectivity index (χ0n) is 33.2. The quantitative estimate of drug-likeness (QED) is 0.0588. The summed E-state index contributed by atoms with van der Waals surface area (Å²) in [5, 5.41) is 12.9. The predicted octanol–water partition coefficient (Wildman–Crippen LogP) is 6.33. The summed E-state index contributed by atoms with van der Waals surface area (Å²) in [7, 11) is 1.24. The molecule has 0 aliphatic carbocycles. The van der Waals surface area contributed by atoms with E-state index in [1.165, 1.54) is 17.8 Å². The third-order valence-corrected chi connectivity index (χ3v) is 11.0. The van der Waals surface area contributed by atoms with Crippen molar-refractivity contribution in [1.29, 1.82) is 5.26 Å². The molecule has 0 spiro atoms. The van der Waals surface area contributed by atoms with Gasteiger partial charge in [-0.15, -0.1) is 0 Å². The molecule has 0 saturated heterocycles. The van der Waals surface area contributed by atoms with Gasteiger partial charge in [0.2, 0.25) is 11.9 Å². The van der Waals surface area contributed by atoms with Crippen LogP contribution in [-0.2, 0) is 31.1 Å². The molecule has 0 aliphatic rings. The molecule has 16 heteroatoms. The van der Waals surface area contributed by atoms with Crippen LogP contribution in [-0.4, -0.2) is 80.6 Å². The highest BCUT2D eigenvalue weighted by molar-refractivity contribution is 7.43. The molecule has 0 aliphatic heterocycles. The molecule has 0 saturated carbocycles. The van der Waals surface area contributed by atoms with Gasteiger partial charge in [0.25, 0.3) is 14.1 Å². The third kappa shape index (κ3) is 10.4. The molecule has 57 heavy (non-hydrogen) atoms. The van der Waals surface area contributed by atoms with Crippen LogP contribution < -0.4 is 20.3 Å². The van der Waals surface area contributed by atoms with Crippen LogP contribution >= 0.6 is 8.53 Å². The first kappa shape index (κ1) is 42.9. The number of carbonyl (C=O) groups is 1. The number of anilines is 1. The topological polar surface area (TPSA) is 186 Å². The Labute approximate surface area is 333 Å². The fraction of sp³-hybridized carbons (Fsp3) is 0.390. The molecule has 1 amide bonds. The van der Waals surface area contributed by atoms with Crippen molar-refractivity contribution in [2.24, 2.45) is 5.92 Å². The van der Waals surface area contributed by atoms with E-state index in [0.29, 0.717) is 11.5 Å². The third-order valence-electron chi connectivity index (χ3n) is 9.25. The minimum absolute atomic E-state index is 0.0187. The molecular weight excluding hydrogens is 749 g/mol. The van der Waals surface area contributed by atoms with Gasteiger partial charge < -0.3 is 28.4 Å². The van der Waals surface area contributed by atoms with Crippen LogP contribution in [0.2, 0.25) is 0 Å². The van der Waals surface area contributed by atoms with Crippen molar-refractivity contribution in [3.8, 4) is 17.6 Å². The summed E-state index contributed by atoms with van der Waals surface area (Å²) < 4.78 is 34.0. The summed E-state index contributed by atoms with van der Waals surface area (Å²) in [5.41, 5.74) is 0.976. The van der Waals surface area contributed by atoms with E-state index in [1.54, 1.807) is 14.2 Å². The highest BCUT2D eigenvalue weighted by atomic mass is 31.2. The van der Waals surface area contributed by atoms with Crippen LogP contribution in [0.4, 0.5) is 5.95 Å². The zero-order chi connectivity index (χ0) is 41.1. The number of aromatic amines is 1. The largest absolute Gasteiger partial charge is 0.497 e. The number of imidazole rings is 1. The number of hydrogen-bond acceptors (Lipinski definition) is 12. The van der Waals surface area contributed by atoms with E-state index in [4.69, 9.17) is 23.5 Å². The van der Waals surface area contributed by atoms with E-state index in [9.17, 15) is 19.7 Å². The first-order valence-corrected chi connectivity index (χ1v) is 19.7. The smallest absolute Gasteiger partial charge is 0.280 e. The molecule has 0 bridgehead atoms. The van der Waals surface area contributed by atoms with Crippen molar-refractivity contribution < 1.29 is 33.2 Å². The van der Waals surface area contributed by atoms with E-state index in [-0.39, 0.29) is 55.6 Å². The number of aromatic nitrogens is 4. The Balaban J connectivity index is 1.53. The average molecular weight is 800 g/mol. The van der Waals surface area contributed by atoms with Crippen molar-refractivity contribution in [2.75, 3.05) is 32.8 Å². The molecule has 2 heterocycles. The van der Waals surface area contributed by atoms with Gasteiger partial charge in [0.15, 0.2) is 11.2 Å². The lowest BCUT2D eigenvalue weighted by Gasteiger charge is -2.37. The number of nitriles is 1. The van der Waals surface area contributed by atoms with Crippen LogP contribution in [0.15, 0.2) is 90.0 Å². The van der Waals surface area contributed by atoms with E-state index in [2.05, 4.69) is 26.3 Å². The summed E-state index contributed by atoms with van der Waals surface area (Å²) in [6.45, 7) is 9.00. The second-order valence-electron chi connectivity index (χ2n) is 13.9. The standard InChI is InChI=1S/C41H50N7O8P/c1-27(2)48(28(3)4)57(51)56-23-30(22-42)21-36(54-26-47-25-43-37-38(47)45-40(44-29(5)49)46-39(37)50)24-55-41(31-11-9-8-10-12-31,32-13-17-34(52-6)18-14-32)33-15-19-35(53-7)20-16-33/h8-20,25,27-28,30,36,51H,21,23-24,26H2,1-7H3,(H2,44,45,46,49,50). The number of nitrogens with one attached hydrogen (secondary N) is 2. The number of fused-ring (bicyclic) bond motifs is 1. The van der Waals surface area contributed by atoms with Gasteiger partial charge in [-0.2, -0.15) is 10.2 Å². The summed E-state index contributed by atoms with van der Waals surface area (Å²) in [6.07, 6.45) is 0.821. The molecular formula is C41H50N7O8P. The lowest BCUT2D eigenvalue weighted by molar-refractivity contribution is -0.114. The molecule has 302 valence electrons. The first-order chi connectivity index (χ1) is 27.4. The normalized spacial score (nSPS) is 13.4. The van der Waals surface area contributed by atoms with Crippen LogP contribution in [0.25, 0.3) is 11.2 Å². The summed E-state index contributed by atoms with van der Waals surface area (Å²) in [4.78, 5) is 46.7. The molecule has 0 radical (unpaired) electrons. The highest BCUT2D eigenvalue weighted by Gasteiger charge is 2.39. The number of nitrogens with zero attached hydrogens (tertiary/aromatic N) is 5. The second-order valence-corrected chi connectivity index (χ2v) is 15.1. The molecule has 3 unspecified atom stereocenters. The molecule has 5 aromatic rings. The number of H-pyrrole nitrogens is 1. The van der Waals surface area contributed by atoms with E-state index < -0.39 is 37.6 Å². The number of methoxy groups -OCH3 is 2. The van der Waals surface area contributed by atoms with Gasteiger partial charge in [0, 0.05) is 19.0 Å². The minimum Gasteiger partial charge on any atom is -0.497 e.